The van der Waals surface area contributed by atoms with Gasteiger partial charge in [0.25, 0.3) is 0 Å². The van der Waals surface area contributed by atoms with E-state index in [1.165, 1.54) is 24.7 Å². The number of amides is 1. The first-order chi connectivity index (χ1) is 11.9. The first-order valence-electron chi connectivity index (χ1n) is 7.67. The van der Waals surface area contributed by atoms with Gasteiger partial charge in [-0.25, -0.2) is 9.37 Å². The van der Waals surface area contributed by atoms with Crippen molar-refractivity contribution in [2.75, 3.05) is 6.54 Å². The number of nitrogens with zero attached hydrogens (tertiary/aromatic N) is 1. The van der Waals surface area contributed by atoms with Gasteiger partial charge in [0.15, 0.2) is 0 Å². The minimum atomic E-state index is -1.30. The molecule has 7 heteroatoms. The van der Waals surface area contributed by atoms with E-state index in [0.717, 1.165) is 0 Å². The molecule has 2 N–H and O–H groups in total. The van der Waals surface area contributed by atoms with E-state index in [9.17, 15) is 14.3 Å². The summed E-state index contributed by atoms with van der Waals surface area (Å²) in [6, 6.07) is 9.01. The minimum absolute atomic E-state index is 0.00106. The van der Waals surface area contributed by atoms with Gasteiger partial charge in [0.2, 0.25) is 11.8 Å². The summed E-state index contributed by atoms with van der Waals surface area (Å²) >= 11 is 0. The van der Waals surface area contributed by atoms with Crippen LogP contribution >= 0.6 is 0 Å². The lowest BCUT2D eigenvalue weighted by molar-refractivity contribution is -0.121. The Morgan fingerprint density at radius 3 is 2.72 bits per heavy atom. The fourth-order valence-corrected chi connectivity index (χ4v) is 2.28. The monoisotopic (exact) mass is 344 g/mol. The van der Waals surface area contributed by atoms with Crippen LogP contribution < -0.4 is 5.32 Å². The molecule has 1 unspecified atom stereocenters. The summed E-state index contributed by atoms with van der Waals surface area (Å²) in [5.74, 6) is 0.0162. The summed E-state index contributed by atoms with van der Waals surface area (Å²) in [7, 11) is 0. The highest BCUT2D eigenvalue weighted by Crippen LogP contribution is 2.21. The van der Waals surface area contributed by atoms with Crippen LogP contribution in [0.2, 0.25) is 0 Å². The van der Waals surface area contributed by atoms with E-state index in [-0.39, 0.29) is 24.7 Å². The third-order valence-electron chi connectivity index (χ3n) is 3.67. The molecule has 130 valence electrons. The molecular formula is C18H17FN2O4. The molecule has 6 nitrogen and oxygen atoms in total. The van der Waals surface area contributed by atoms with E-state index in [4.69, 9.17) is 8.83 Å². The van der Waals surface area contributed by atoms with Crippen molar-refractivity contribution in [3.8, 4) is 11.5 Å². The highest BCUT2D eigenvalue weighted by molar-refractivity contribution is 5.78. The Kier molecular flexibility index (Phi) is 4.67. The summed E-state index contributed by atoms with van der Waals surface area (Å²) in [6.07, 6.45) is 2.83. The zero-order valence-electron chi connectivity index (χ0n) is 13.5. The topological polar surface area (TPSA) is 88.5 Å². The number of oxazole rings is 1. The minimum Gasteiger partial charge on any atom is -0.466 e. The largest absolute Gasteiger partial charge is 0.466 e. The van der Waals surface area contributed by atoms with E-state index in [1.807, 2.05) is 0 Å². The van der Waals surface area contributed by atoms with Crippen LogP contribution in [-0.4, -0.2) is 22.5 Å². The Bertz CT molecular complexity index is 838. The van der Waals surface area contributed by atoms with Crippen molar-refractivity contribution in [3.05, 3.63) is 66.2 Å². The van der Waals surface area contributed by atoms with Crippen LogP contribution in [-0.2, 0) is 16.8 Å². The zero-order valence-corrected chi connectivity index (χ0v) is 13.5. The smallest absolute Gasteiger partial charge is 0.226 e. The number of benzene rings is 1. The summed E-state index contributed by atoms with van der Waals surface area (Å²) in [6.45, 7) is 1.55. The number of rotatable bonds is 6. The van der Waals surface area contributed by atoms with Gasteiger partial charge in [0.1, 0.15) is 23.4 Å². The molecule has 2 heterocycles. The number of nitrogens with one attached hydrogen (secondary N) is 1. The van der Waals surface area contributed by atoms with Crippen LogP contribution in [0.25, 0.3) is 11.5 Å². The number of carbonyl (C=O) groups is 1. The fraction of sp³-hybridized carbons (Fsp3) is 0.222. The van der Waals surface area contributed by atoms with Crippen LogP contribution in [0, 0.1) is 5.82 Å². The van der Waals surface area contributed by atoms with Crippen LogP contribution in [0.4, 0.5) is 4.39 Å². The molecule has 0 saturated heterocycles. The molecule has 0 fully saturated rings. The molecule has 3 aromatic rings. The molecule has 1 atom stereocenters. The van der Waals surface area contributed by atoms with Crippen LogP contribution in [0.5, 0.6) is 0 Å². The Labute approximate surface area is 143 Å². The second-order valence-electron chi connectivity index (χ2n) is 5.86. The summed E-state index contributed by atoms with van der Waals surface area (Å²) in [5.41, 5.74) is -0.245. The van der Waals surface area contributed by atoms with Gasteiger partial charge in [-0.2, -0.15) is 0 Å². The van der Waals surface area contributed by atoms with Crippen molar-refractivity contribution in [1.82, 2.24) is 10.3 Å². The van der Waals surface area contributed by atoms with Gasteiger partial charge in [-0.1, -0.05) is 0 Å². The summed E-state index contributed by atoms with van der Waals surface area (Å²) in [5, 5.41) is 12.9. The second kappa shape index (κ2) is 6.90. The summed E-state index contributed by atoms with van der Waals surface area (Å²) in [4.78, 5) is 16.2. The molecule has 1 aromatic carbocycles. The molecule has 0 radical (unpaired) electrons. The molecule has 3 rings (SSSR count). The lowest BCUT2D eigenvalue weighted by Gasteiger charge is -2.20. The number of hydrogen-bond donors (Lipinski definition) is 2. The Morgan fingerprint density at radius 1 is 1.28 bits per heavy atom. The van der Waals surface area contributed by atoms with Crippen molar-refractivity contribution in [2.45, 2.75) is 18.9 Å². The molecule has 25 heavy (non-hydrogen) atoms. The standard InChI is InChI=1S/C18H17FN2O4/c1-18(23,15-3-2-8-24-15)11-20-16(22)9-14-10-25-17(21-14)12-4-6-13(19)7-5-12/h2-8,10,23H,9,11H2,1H3,(H,20,22). The quantitative estimate of drug-likeness (QED) is 0.718. The predicted octanol–water partition coefficient (Wildman–Crippen LogP) is 2.64. The normalized spacial score (nSPS) is 13.4. The molecule has 0 aliphatic carbocycles. The first kappa shape index (κ1) is 16.9. The number of furan rings is 1. The molecule has 0 bridgehead atoms. The molecule has 0 spiro atoms. The van der Waals surface area contributed by atoms with E-state index in [1.54, 1.807) is 31.2 Å². The van der Waals surface area contributed by atoms with Crippen molar-refractivity contribution >= 4 is 5.91 Å². The van der Waals surface area contributed by atoms with Gasteiger partial charge in [-0.05, 0) is 43.3 Å². The first-order valence-corrected chi connectivity index (χ1v) is 7.67. The third-order valence-corrected chi connectivity index (χ3v) is 3.67. The maximum atomic E-state index is 12.9. The number of aromatic nitrogens is 1. The van der Waals surface area contributed by atoms with Crippen molar-refractivity contribution in [2.24, 2.45) is 0 Å². The van der Waals surface area contributed by atoms with E-state index in [0.29, 0.717) is 22.9 Å². The number of carbonyl (C=O) groups excluding carboxylic acids is 1. The van der Waals surface area contributed by atoms with Crippen LogP contribution in [0.3, 0.4) is 0 Å². The average molecular weight is 344 g/mol. The number of halogens is 1. The zero-order chi connectivity index (χ0) is 17.9. The van der Waals surface area contributed by atoms with Crippen LogP contribution in [0.1, 0.15) is 18.4 Å². The van der Waals surface area contributed by atoms with Crippen LogP contribution in [0.15, 0.2) is 57.8 Å². The lowest BCUT2D eigenvalue weighted by atomic mass is 10.0. The Morgan fingerprint density at radius 2 is 2.04 bits per heavy atom. The van der Waals surface area contributed by atoms with Gasteiger partial charge >= 0.3 is 0 Å². The van der Waals surface area contributed by atoms with Gasteiger partial charge in [0.05, 0.1) is 24.9 Å². The molecule has 2 aromatic heterocycles. The Hall–Kier alpha value is -2.93. The molecule has 0 aliphatic rings. The van der Waals surface area contributed by atoms with Gasteiger partial charge in [-0.3, -0.25) is 4.79 Å². The molecule has 1 amide bonds. The van der Waals surface area contributed by atoms with E-state index < -0.39 is 5.60 Å². The molecule has 0 aliphatic heterocycles. The maximum Gasteiger partial charge on any atom is 0.226 e. The highest BCUT2D eigenvalue weighted by atomic mass is 19.1. The van der Waals surface area contributed by atoms with E-state index >= 15 is 0 Å². The van der Waals surface area contributed by atoms with Gasteiger partial charge in [-0.15, -0.1) is 0 Å². The molecule has 0 saturated carbocycles. The lowest BCUT2D eigenvalue weighted by Crippen LogP contribution is -2.39. The fourth-order valence-electron chi connectivity index (χ4n) is 2.28. The SMILES string of the molecule is CC(O)(CNC(=O)Cc1coc(-c2ccc(F)cc2)n1)c1ccco1. The number of hydrogen-bond acceptors (Lipinski definition) is 5. The van der Waals surface area contributed by atoms with Crippen molar-refractivity contribution in [3.63, 3.8) is 0 Å². The third kappa shape index (κ3) is 4.13. The Balaban J connectivity index is 1.57. The van der Waals surface area contributed by atoms with E-state index in [2.05, 4.69) is 10.3 Å². The predicted molar refractivity (Wildman–Crippen MR) is 86.9 cm³/mol. The van der Waals surface area contributed by atoms with Gasteiger partial charge in [0, 0.05) is 5.56 Å². The van der Waals surface area contributed by atoms with Crippen molar-refractivity contribution in [1.29, 1.82) is 0 Å². The maximum absolute atomic E-state index is 12.9. The van der Waals surface area contributed by atoms with Crippen molar-refractivity contribution < 1.29 is 23.1 Å². The highest BCUT2D eigenvalue weighted by Gasteiger charge is 2.26. The second-order valence-corrected chi connectivity index (χ2v) is 5.86. The van der Waals surface area contributed by atoms with Gasteiger partial charge < -0.3 is 19.3 Å². The summed E-state index contributed by atoms with van der Waals surface area (Å²) < 4.78 is 23.4. The average Bonchev–Trinajstić information content (AvgIpc) is 3.26. The number of aliphatic hydroxyl groups is 1. The molecular weight excluding hydrogens is 327 g/mol.